The molecule has 1 aliphatic carbocycles. The summed E-state index contributed by atoms with van der Waals surface area (Å²) in [5, 5.41) is 8.64. The summed E-state index contributed by atoms with van der Waals surface area (Å²) in [5.41, 5.74) is 0. The number of hydrogen-bond acceptors (Lipinski definition) is 4. The third kappa shape index (κ3) is 4.05. The Balaban J connectivity index is 2.57. The van der Waals surface area contributed by atoms with Crippen molar-refractivity contribution >= 4 is 18.3 Å². The van der Waals surface area contributed by atoms with E-state index in [1.807, 2.05) is 0 Å². The molecule has 0 aromatic heterocycles. The zero-order valence-electron chi connectivity index (χ0n) is 9.96. The Morgan fingerprint density at radius 3 is 2.53 bits per heavy atom. The lowest BCUT2D eigenvalue weighted by molar-refractivity contribution is -0.167. The molecule has 1 aliphatic rings. The molecule has 6 heteroatoms. The smallest absolute Gasteiger partial charge is 0.344 e. The Hall–Kier alpha value is -1.59. The Morgan fingerprint density at radius 1 is 1.53 bits per heavy atom. The number of carboxylic acid groups (broad SMARTS) is 1. The maximum atomic E-state index is 11.7. The lowest BCUT2D eigenvalue weighted by atomic mass is 10.1. The number of carbonyl (C=O) groups excluding carboxylic acids is 2. The van der Waals surface area contributed by atoms with Crippen LogP contribution >= 0.6 is 0 Å². The van der Waals surface area contributed by atoms with Gasteiger partial charge in [-0.3, -0.25) is 4.79 Å². The molecule has 17 heavy (non-hydrogen) atoms. The predicted molar refractivity (Wildman–Crippen MR) is 58.1 cm³/mol. The molecule has 1 rings (SSSR count). The third-order valence-electron chi connectivity index (χ3n) is 2.82. The fourth-order valence-electron chi connectivity index (χ4n) is 1.47. The Morgan fingerprint density at radius 2 is 2.12 bits per heavy atom. The van der Waals surface area contributed by atoms with Crippen LogP contribution in [0.3, 0.4) is 0 Å². The summed E-state index contributed by atoms with van der Waals surface area (Å²) in [5.74, 6) is -1.41. The van der Waals surface area contributed by atoms with Crippen LogP contribution in [0.2, 0.25) is 0 Å². The second kappa shape index (κ2) is 5.65. The largest absolute Gasteiger partial charge is 0.479 e. The summed E-state index contributed by atoms with van der Waals surface area (Å²) >= 11 is 0. The molecule has 0 saturated heterocycles. The molecule has 1 N–H and O–H groups in total. The van der Waals surface area contributed by atoms with Crippen molar-refractivity contribution in [3.05, 3.63) is 0 Å². The molecule has 0 bridgehead atoms. The first-order valence-corrected chi connectivity index (χ1v) is 5.56. The molecular weight excluding hydrogens is 226 g/mol. The zero-order chi connectivity index (χ0) is 13.0. The van der Waals surface area contributed by atoms with Crippen molar-refractivity contribution in [2.45, 2.75) is 38.3 Å². The van der Waals surface area contributed by atoms with Crippen LogP contribution in [-0.4, -0.2) is 47.5 Å². The highest BCUT2D eigenvalue weighted by Crippen LogP contribution is 2.34. The number of carbonyl (C=O) groups is 3. The minimum absolute atomic E-state index is 0.440. The summed E-state index contributed by atoms with van der Waals surface area (Å²) < 4.78 is 4.79. The van der Waals surface area contributed by atoms with Gasteiger partial charge in [-0.1, -0.05) is 12.8 Å². The van der Waals surface area contributed by atoms with E-state index in [1.165, 1.54) is 18.9 Å². The third-order valence-corrected chi connectivity index (χ3v) is 2.82. The summed E-state index contributed by atoms with van der Waals surface area (Å²) in [6, 6.07) is -0.679. The van der Waals surface area contributed by atoms with E-state index in [-0.39, 0.29) is 0 Å². The maximum absolute atomic E-state index is 11.7. The Kier molecular flexibility index (Phi) is 4.48. The number of likely N-dealkylation sites (N-methyl/N-ethyl adjacent to an activating group) is 1. The molecule has 0 aromatic carbocycles. The monoisotopic (exact) mass is 243 g/mol. The van der Waals surface area contributed by atoms with Gasteiger partial charge in [0.15, 0.2) is 6.10 Å². The maximum Gasteiger partial charge on any atom is 0.344 e. The highest BCUT2D eigenvalue weighted by molar-refractivity contribution is 5.82. The van der Waals surface area contributed by atoms with Gasteiger partial charge in [0.1, 0.15) is 6.04 Å². The van der Waals surface area contributed by atoms with E-state index in [0.29, 0.717) is 18.7 Å². The molecule has 1 saturated carbocycles. The van der Waals surface area contributed by atoms with Crippen LogP contribution in [0.25, 0.3) is 0 Å². The van der Waals surface area contributed by atoms with E-state index in [4.69, 9.17) is 9.84 Å². The van der Waals surface area contributed by atoms with Crippen LogP contribution in [-0.2, 0) is 19.1 Å². The first kappa shape index (κ1) is 13.5. The molecule has 2 atom stereocenters. The van der Waals surface area contributed by atoms with Crippen molar-refractivity contribution in [1.82, 2.24) is 4.90 Å². The average molecular weight is 243 g/mol. The van der Waals surface area contributed by atoms with Crippen molar-refractivity contribution in [2.24, 2.45) is 5.92 Å². The van der Waals surface area contributed by atoms with Gasteiger partial charge in [-0.15, -0.1) is 0 Å². The summed E-state index contributed by atoms with van der Waals surface area (Å²) in [7, 11) is 1.49. The fraction of sp³-hybridized carbons (Fsp3) is 0.727. The first-order chi connectivity index (χ1) is 7.95. The minimum atomic E-state index is -1.20. The quantitative estimate of drug-likeness (QED) is 0.512. The normalized spacial score (nSPS) is 18.0. The number of amides is 1. The SMILES string of the molecule is C[C@@H](OC(=O)[C@H](CC1CC1)N(C)C=O)C(=O)O. The van der Waals surface area contributed by atoms with Crippen LogP contribution in [0, 0.1) is 5.92 Å². The second-order valence-electron chi connectivity index (χ2n) is 4.38. The molecule has 0 unspecified atom stereocenters. The van der Waals surface area contributed by atoms with Gasteiger partial charge in [0, 0.05) is 7.05 Å². The van der Waals surface area contributed by atoms with Crippen LogP contribution in [0.15, 0.2) is 0 Å². The molecule has 1 fully saturated rings. The molecule has 96 valence electrons. The Bertz CT molecular complexity index is 313. The lowest BCUT2D eigenvalue weighted by Gasteiger charge is -2.23. The lowest BCUT2D eigenvalue weighted by Crippen LogP contribution is -2.41. The van der Waals surface area contributed by atoms with Gasteiger partial charge in [0.05, 0.1) is 0 Å². The van der Waals surface area contributed by atoms with Crippen molar-refractivity contribution in [3.63, 3.8) is 0 Å². The number of aliphatic carboxylic acids is 1. The molecular formula is C11H17NO5. The van der Waals surface area contributed by atoms with Crippen molar-refractivity contribution in [2.75, 3.05) is 7.05 Å². The van der Waals surface area contributed by atoms with Gasteiger partial charge in [-0.25, -0.2) is 9.59 Å². The van der Waals surface area contributed by atoms with Gasteiger partial charge in [0.25, 0.3) is 0 Å². The molecule has 1 amide bonds. The van der Waals surface area contributed by atoms with Crippen LogP contribution in [0.4, 0.5) is 0 Å². The van der Waals surface area contributed by atoms with E-state index < -0.39 is 24.1 Å². The van der Waals surface area contributed by atoms with E-state index in [9.17, 15) is 14.4 Å². The van der Waals surface area contributed by atoms with Crippen LogP contribution < -0.4 is 0 Å². The Labute approximate surface area is 99.5 Å². The fourth-order valence-corrected chi connectivity index (χ4v) is 1.47. The number of nitrogens with zero attached hydrogens (tertiary/aromatic N) is 1. The highest BCUT2D eigenvalue weighted by atomic mass is 16.6. The van der Waals surface area contributed by atoms with E-state index >= 15 is 0 Å². The number of esters is 1. The van der Waals surface area contributed by atoms with E-state index in [2.05, 4.69) is 0 Å². The van der Waals surface area contributed by atoms with E-state index in [1.54, 1.807) is 0 Å². The molecule has 6 nitrogen and oxygen atoms in total. The summed E-state index contributed by atoms with van der Waals surface area (Å²) in [6.45, 7) is 1.29. The van der Waals surface area contributed by atoms with Gasteiger partial charge in [-0.05, 0) is 19.3 Å². The molecule has 0 heterocycles. The number of carboxylic acids is 1. The van der Waals surface area contributed by atoms with Crippen molar-refractivity contribution < 1.29 is 24.2 Å². The topological polar surface area (TPSA) is 83.9 Å². The zero-order valence-corrected chi connectivity index (χ0v) is 9.96. The average Bonchev–Trinajstić information content (AvgIpc) is 3.08. The molecule has 0 aliphatic heterocycles. The van der Waals surface area contributed by atoms with Gasteiger partial charge >= 0.3 is 11.9 Å². The second-order valence-corrected chi connectivity index (χ2v) is 4.38. The number of rotatable bonds is 7. The van der Waals surface area contributed by atoms with Crippen LogP contribution in [0.5, 0.6) is 0 Å². The van der Waals surface area contributed by atoms with Gasteiger partial charge in [0.2, 0.25) is 6.41 Å². The standard InChI is InChI=1S/C11H17NO5/c1-7(10(14)15)17-11(16)9(12(2)6-13)5-8-3-4-8/h6-9H,3-5H2,1-2H3,(H,14,15)/t7-,9+/m1/s1. The minimum Gasteiger partial charge on any atom is -0.479 e. The van der Waals surface area contributed by atoms with E-state index in [0.717, 1.165) is 12.8 Å². The summed E-state index contributed by atoms with van der Waals surface area (Å²) in [4.78, 5) is 34.2. The van der Waals surface area contributed by atoms with Crippen molar-refractivity contribution in [1.29, 1.82) is 0 Å². The highest BCUT2D eigenvalue weighted by Gasteiger charge is 2.33. The first-order valence-electron chi connectivity index (χ1n) is 5.56. The van der Waals surface area contributed by atoms with Gasteiger partial charge < -0.3 is 14.7 Å². The summed E-state index contributed by atoms with van der Waals surface area (Å²) in [6.07, 6.45) is 2.00. The number of hydrogen-bond donors (Lipinski definition) is 1. The molecule has 0 aromatic rings. The predicted octanol–water partition coefficient (Wildman–Crippen LogP) is 0.260. The van der Waals surface area contributed by atoms with Gasteiger partial charge in [-0.2, -0.15) is 0 Å². The van der Waals surface area contributed by atoms with Crippen molar-refractivity contribution in [3.8, 4) is 0 Å². The molecule has 0 radical (unpaired) electrons. The number of ether oxygens (including phenoxy) is 1. The van der Waals surface area contributed by atoms with Crippen LogP contribution in [0.1, 0.15) is 26.2 Å². The molecule has 0 spiro atoms.